The van der Waals surface area contributed by atoms with Gasteiger partial charge in [0.2, 0.25) is 0 Å². The second kappa shape index (κ2) is 12.2. The van der Waals surface area contributed by atoms with Crippen molar-refractivity contribution < 1.29 is 19.0 Å². The van der Waals surface area contributed by atoms with Crippen molar-refractivity contribution in [3.8, 4) is 17.2 Å². The number of nitrogens with zero attached hydrogens (tertiary/aromatic N) is 2. The Hall–Kier alpha value is -2.69. The van der Waals surface area contributed by atoms with Gasteiger partial charge in [-0.1, -0.05) is 18.2 Å². The second-order valence-corrected chi connectivity index (χ2v) is 6.70. The van der Waals surface area contributed by atoms with E-state index in [1.165, 1.54) is 0 Å². The Morgan fingerprint density at radius 1 is 1.13 bits per heavy atom. The number of guanidine groups is 1. The van der Waals surface area contributed by atoms with Crippen LogP contribution in [0.15, 0.2) is 47.5 Å². The highest BCUT2D eigenvalue weighted by Crippen LogP contribution is 2.31. The van der Waals surface area contributed by atoms with Gasteiger partial charge >= 0.3 is 0 Å². The Labute approximate surface area is 200 Å². The van der Waals surface area contributed by atoms with Crippen LogP contribution < -0.4 is 29.7 Å². The van der Waals surface area contributed by atoms with Crippen molar-refractivity contribution in [2.24, 2.45) is 4.99 Å². The molecular formula is C22H29IN4O4. The standard InChI is InChI=1S/C22H28N4O4.HI/c1-23-22(25-14-16-9-10-19(28-2)20(13-16)29-3)24-11-6-12-26-17-7-4-5-8-18(17)30-15-21(26)27;/h4-5,7-10,13H,6,11-12,14-15H2,1-3H3,(H2,23,24,25);1H. The van der Waals surface area contributed by atoms with Crippen LogP contribution in [0.3, 0.4) is 0 Å². The van der Waals surface area contributed by atoms with E-state index in [4.69, 9.17) is 14.2 Å². The van der Waals surface area contributed by atoms with Crippen LogP contribution in [0, 0.1) is 0 Å². The third-order valence-corrected chi connectivity index (χ3v) is 4.79. The molecule has 31 heavy (non-hydrogen) atoms. The summed E-state index contributed by atoms with van der Waals surface area (Å²) in [4.78, 5) is 18.3. The summed E-state index contributed by atoms with van der Waals surface area (Å²) in [6, 6.07) is 13.4. The van der Waals surface area contributed by atoms with Crippen molar-refractivity contribution in [3.05, 3.63) is 48.0 Å². The Kier molecular flexibility index (Phi) is 9.70. The normalized spacial score (nSPS) is 12.9. The molecule has 1 heterocycles. The highest BCUT2D eigenvalue weighted by Gasteiger charge is 2.24. The molecule has 0 spiro atoms. The molecular weight excluding hydrogens is 511 g/mol. The lowest BCUT2D eigenvalue weighted by molar-refractivity contribution is -0.121. The van der Waals surface area contributed by atoms with Gasteiger partial charge in [0.25, 0.3) is 5.91 Å². The molecule has 0 radical (unpaired) electrons. The van der Waals surface area contributed by atoms with E-state index in [0.717, 1.165) is 23.4 Å². The molecule has 0 saturated heterocycles. The van der Waals surface area contributed by atoms with Gasteiger partial charge in [-0.05, 0) is 36.2 Å². The van der Waals surface area contributed by atoms with Crippen molar-refractivity contribution in [2.75, 3.05) is 45.9 Å². The van der Waals surface area contributed by atoms with Gasteiger partial charge in [-0.3, -0.25) is 9.79 Å². The number of hydrogen-bond donors (Lipinski definition) is 2. The molecule has 0 aliphatic carbocycles. The van der Waals surface area contributed by atoms with Crippen molar-refractivity contribution in [2.45, 2.75) is 13.0 Å². The van der Waals surface area contributed by atoms with Crippen molar-refractivity contribution in [3.63, 3.8) is 0 Å². The summed E-state index contributed by atoms with van der Waals surface area (Å²) in [5.41, 5.74) is 1.87. The van der Waals surface area contributed by atoms with E-state index in [0.29, 0.717) is 37.1 Å². The molecule has 1 amide bonds. The van der Waals surface area contributed by atoms with Gasteiger partial charge in [-0.15, -0.1) is 24.0 Å². The van der Waals surface area contributed by atoms with Crippen LogP contribution in [0.25, 0.3) is 0 Å². The molecule has 3 rings (SSSR count). The third-order valence-electron chi connectivity index (χ3n) is 4.79. The van der Waals surface area contributed by atoms with Crippen LogP contribution in [0.5, 0.6) is 17.2 Å². The summed E-state index contributed by atoms with van der Waals surface area (Å²) < 4.78 is 16.1. The molecule has 9 heteroatoms. The Bertz CT molecular complexity index is 907. The van der Waals surface area contributed by atoms with Gasteiger partial charge in [-0.25, -0.2) is 0 Å². The minimum atomic E-state index is -0.0235. The fraction of sp³-hybridized carbons (Fsp3) is 0.364. The smallest absolute Gasteiger partial charge is 0.265 e. The molecule has 1 aliphatic heterocycles. The topological polar surface area (TPSA) is 84.4 Å². The Morgan fingerprint density at radius 3 is 2.65 bits per heavy atom. The average molecular weight is 540 g/mol. The molecule has 0 aromatic heterocycles. The maximum atomic E-state index is 12.2. The fourth-order valence-corrected chi connectivity index (χ4v) is 3.24. The zero-order chi connectivity index (χ0) is 21.3. The van der Waals surface area contributed by atoms with Crippen molar-refractivity contribution in [1.82, 2.24) is 10.6 Å². The Balaban J connectivity index is 0.00000341. The summed E-state index contributed by atoms with van der Waals surface area (Å²) >= 11 is 0. The van der Waals surface area contributed by atoms with Gasteiger partial charge in [0, 0.05) is 26.7 Å². The molecule has 1 aliphatic rings. The van der Waals surface area contributed by atoms with Crippen LogP contribution in [-0.2, 0) is 11.3 Å². The SMILES string of the molecule is CN=C(NCCCN1C(=O)COc2ccccc21)NCc1ccc(OC)c(OC)c1.I. The minimum Gasteiger partial charge on any atom is -0.493 e. The molecule has 2 N–H and O–H groups in total. The van der Waals surface area contributed by atoms with E-state index in [2.05, 4.69) is 15.6 Å². The zero-order valence-electron chi connectivity index (χ0n) is 18.0. The number of carbonyl (C=O) groups is 1. The lowest BCUT2D eigenvalue weighted by atomic mass is 10.2. The number of methoxy groups -OCH3 is 2. The van der Waals surface area contributed by atoms with Crippen LogP contribution in [0.1, 0.15) is 12.0 Å². The van der Waals surface area contributed by atoms with E-state index < -0.39 is 0 Å². The van der Waals surface area contributed by atoms with Crippen LogP contribution in [0.2, 0.25) is 0 Å². The van der Waals surface area contributed by atoms with E-state index in [9.17, 15) is 4.79 Å². The van der Waals surface area contributed by atoms with E-state index >= 15 is 0 Å². The van der Waals surface area contributed by atoms with Crippen molar-refractivity contribution >= 4 is 41.5 Å². The number of halogens is 1. The molecule has 2 aromatic carbocycles. The number of carbonyl (C=O) groups excluding carboxylic acids is 1. The summed E-state index contributed by atoms with van der Waals surface area (Å²) in [6.45, 7) is 1.96. The maximum Gasteiger partial charge on any atom is 0.265 e. The monoisotopic (exact) mass is 540 g/mol. The fourth-order valence-electron chi connectivity index (χ4n) is 3.24. The predicted octanol–water partition coefficient (Wildman–Crippen LogP) is 2.80. The number of para-hydroxylation sites is 2. The molecule has 8 nitrogen and oxygen atoms in total. The summed E-state index contributed by atoms with van der Waals surface area (Å²) in [5, 5.41) is 6.56. The summed E-state index contributed by atoms with van der Waals surface area (Å²) in [7, 11) is 4.96. The third kappa shape index (κ3) is 6.39. The molecule has 2 aromatic rings. The number of benzene rings is 2. The quantitative estimate of drug-likeness (QED) is 0.232. The molecule has 168 valence electrons. The van der Waals surface area contributed by atoms with Crippen molar-refractivity contribution in [1.29, 1.82) is 0 Å². The number of aliphatic imine (C=N–C) groups is 1. The van der Waals surface area contributed by atoms with Gasteiger partial charge in [0.05, 0.1) is 19.9 Å². The van der Waals surface area contributed by atoms with Gasteiger partial charge < -0.3 is 29.7 Å². The highest BCUT2D eigenvalue weighted by atomic mass is 127. The molecule has 0 saturated carbocycles. The number of fused-ring (bicyclic) bond motifs is 1. The second-order valence-electron chi connectivity index (χ2n) is 6.70. The van der Waals surface area contributed by atoms with E-state index in [1.54, 1.807) is 26.2 Å². The van der Waals surface area contributed by atoms with Gasteiger partial charge in [0.1, 0.15) is 5.75 Å². The minimum absolute atomic E-state index is 0. The first-order chi connectivity index (χ1) is 14.7. The number of amides is 1. The first-order valence-corrected chi connectivity index (χ1v) is 9.84. The highest BCUT2D eigenvalue weighted by molar-refractivity contribution is 14.0. The maximum absolute atomic E-state index is 12.2. The summed E-state index contributed by atoms with van der Waals surface area (Å²) in [5.74, 6) is 2.80. The predicted molar refractivity (Wildman–Crippen MR) is 132 cm³/mol. The van der Waals surface area contributed by atoms with Gasteiger partial charge in [-0.2, -0.15) is 0 Å². The largest absolute Gasteiger partial charge is 0.493 e. The lowest BCUT2D eigenvalue weighted by Gasteiger charge is -2.29. The number of anilines is 1. The molecule has 0 atom stereocenters. The first kappa shape index (κ1) is 24.6. The van der Waals surface area contributed by atoms with Crippen LogP contribution in [-0.4, -0.2) is 52.8 Å². The first-order valence-electron chi connectivity index (χ1n) is 9.84. The van der Waals surface area contributed by atoms with Crippen LogP contribution >= 0.6 is 24.0 Å². The molecule has 0 fully saturated rings. The summed E-state index contributed by atoms with van der Waals surface area (Å²) in [6.07, 6.45) is 0.775. The van der Waals surface area contributed by atoms with E-state index in [1.807, 2.05) is 42.5 Å². The van der Waals surface area contributed by atoms with Gasteiger partial charge in [0.15, 0.2) is 24.1 Å². The number of ether oxygens (including phenoxy) is 3. The molecule has 0 unspecified atom stereocenters. The van der Waals surface area contributed by atoms with E-state index in [-0.39, 0.29) is 36.5 Å². The zero-order valence-corrected chi connectivity index (χ0v) is 20.3. The Morgan fingerprint density at radius 2 is 1.90 bits per heavy atom. The lowest BCUT2D eigenvalue weighted by Crippen LogP contribution is -2.41. The number of rotatable bonds is 8. The number of hydrogen-bond acceptors (Lipinski definition) is 5. The average Bonchev–Trinajstić information content (AvgIpc) is 2.79. The molecule has 0 bridgehead atoms. The van der Waals surface area contributed by atoms with Crippen LogP contribution in [0.4, 0.5) is 5.69 Å². The number of nitrogens with one attached hydrogen (secondary N) is 2.